The number of thiazole rings is 1. The van der Waals surface area contributed by atoms with E-state index in [1.165, 1.54) is 11.3 Å². The molecule has 0 spiro atoms. The quantitative estimate of drug-likeness (QED) is 0.755. The van der Waals surface area contributed by atoms with Gasteiger partial charge in [-0.25, -0.2) is 4.98 Å². The predicted octanol–water partition coefficient (Wildman–Crippen LogP) is 4.09. The number of carbonyl (C=O) groups is 2. The van der Waals surface area contributed by atoms with Crippen molar-refractivity contribution in [3.05, 3.63) is 11.1 Å². The van der Waals surface area contributed by atoms with Crippen molar-refractivity contribution in [3.63, 3.8) is 0 Å². The van der Waals surface area contributed by atoms with Gasteiger partial charge in [-0.3, -0.25) is 9.59 Å². The number of aromatic nitrogens is 1. The van der Waals surface area contributed by atoms with E-state index in [0.29, 0.717) is 29.9 Å². The van der Waals surface area contributed by atoms with Crippen LogP contribution in [0.15, 0.2) is 6.20 Å². The fourth-order valence-electron chi connectivity index (χ4n) is 3.16. The van der Waals surface area contributed by atoms with Crippen molar-refractivity contribution < 1.29 is 9.59 Å². The average molecular weight is 366 g/mol. The summed E-state index contributed by atoms with van der Waals surface area (Å²) in [4.78, 5) is 32.0. The fraction of sp³-hybridized carbons (Fsp3) is 0.737. The van der Waals surface area contributed by atoms with Crippen molar-refractivity contribution in [2.75, 3.05) is 18.4 Å². The molecule has 0 saturated heterocycles. The van der Waals surface area contributed by atoms with E-state index in [-0.39, 0.29) is 23.8 Å². The lowest BCUT2D eigenvalue weighted by atomic mass is 9.84. The summed E-state index contributed by atoms with van der Waals surface area (Å²) in [7, 11) is 0. The first-order chi connectivity index (χ1) is 11.6. The lowest BCUT2D eigenvalue weighted by molar-refractivity contribution is -0.135. The van der Waals surface area contributed by atoms with Gasteiger partial charge in [-0.15, -0.1) is 11.3 Å². The maximum atomic E-state index is 12.7. The van der Waals surface area contributed by atoms with Crippen LogP contribution in [0, 0.1) is 24.2 Å². The van der Waals surface area contributed by atoms with Crippen molar-refractivity contribution >= 4 is 28.3 Å². The first-order valence-electron chi connectivity index (χ1n) is 9.12. The zero-order chi connectivity index (χ0) is 18.6. The molecule has 5 nitrogen and oxygen atoms in total. The molecule has 1 saturated carbocycles. The molecule has 1 unspecified atom stereocenters. The number of anilines is 1. The van der Waals surface area contributed by atoms with Crippen LogP contribution in [-0.4, -0.2) is 34.8 Å². The third kappa shape index (κ3) is 7.55. The van der Waals surface area contributed by atoms with Crippen molar-refractivity contribution in [1.82, 2.24) is 9.88 Å². The van der Waals surface area contributed by atoms with Crippen LogP contribution >= 0.6 is 11.3 Å². The molecule has 0 aromatic carbocycles. The van der Waals surface area contributed by atoms with E-state index >= 15 is 0 Å². The summed E-state index contributed by atoms with van der Waals surface area (Å²) in [5.41, 5.74) is 0.209. The van der Waals surface area contributed by atoms with Gasteiger partial charge in [-0.1, -0.05) is 27.7 Å². The van der Waals surface area contributed by atoms with Crippen LogP contribution < -0.4 is 5.32 Å². The second-order valence-corrected chi connectivity index (χ2v) is 9.85. The molecule has 1 aliphatic rings. The molecule has 1 atom stereocenters. The standard InChI is InChI=1S/C19H31N3O2S/c1-13(9-19(3,4)5)8-17(24)22(11-15-6-7-15)12-16(23)21-18-20-10-14(2)25-18/h10,13,15H,6-9,11-12H2,1-5H3,(H,20,21,23). The van der Waals surface area contributed by atoms with Gasteiger partial charge in [0.1, 0.15) is 0 Å². The van der Waals surface area contributed by atoms with Crippen LogP contribution in [0.3, 0.4) is 0 Å². The summed E-state index contributed by atoms with van der Waals surface area (Å²) >= 11 is 1.45. The van der Waals surface area contributed by atoms with Gasteiger partial charge in [0.25, 0.3) is 0 Å². The van der Waals surface area contributed by atoms with Crippen molar-refractivity contribution in [2.45, 2.75) is 60.3 Å². The zero-order valence-electron chi connectivity index (χ0n) is 16.1. The molecule has 1 aromatic rings. The van der Waals surface area contributed by atoms with Crippen LogP contribution in [0.1, 0.15) is 58.3 Å². The second kappa shape index (κ2) is 8.30. The summed E-state index contributed by atoms with van der Waals surface area (Å²) in [6, 6.07) is 0. The van der Waals surface area contributed by atoms with Gasteiger partial charge >= 0.3 is 0 Å². The van der Waals surface area contributed by atoms with Crippen LogP contribution in [0.4, 0.5) is 5.13 Å². The average Bonchev–Trinajstić information content (AvgIpc) is 3.17. The Morgan fingerprint density at radius 2 is 2.08 bits per heavy atom. The van der Waals surface area contributed by atoms with Gasteiger partial charge in [0.05, 0.1) is 6.54 Å². The van der Waals surface area contributed by atoms with Gasteiger partial charge in [0, 0.05) is 24.0 Å². The lowest BCUT2D eigenvalue weighted by Crippen LogP contribution is -2.40. The van der Waals surface area contributed by atoms with Crippen LogP contribution in [0.2, 0.25) is 0 Å². The molecule has 1 fully saturated rings. The molecular formula is C19H31N3O2S. The van der Waals surface area contributed by atoms with Crippen LogP contribution in [0.25, 0.3) is 0 Å². The van der Waals surface area contributed by atoms with Crippen LogP contribution in [-0.2, 0) is 9.59 Å². The van der Waals surface area contributed by atoms with Gasteiger partial charge in [0.2, 0.25) is 11.8 Å². The van der Waals surface area contributed by atoms with Gasteiger partial charge in [-0.05, 0) is 43.4 Å². The van der Waals surface area contributed by atoms with Gasteiger partial charge < -0.3 is 10.2 Å². The van der Waals surface area contributed by atoms with E-state index in [2.05, 4.69) is 38.0 Å². The minimum Gasteiger partial charge on any atom is -0.333 e. The summed E-state index contributed by atoms with van der Waals surface area (Å²) in [5.74, 6) is 0.816. The molecule has 1 aliphatic carbocycles. The normalized spacial score (nSPS) is 15.7. The minimum atomic E-state index is -0.160. The van der Waals surface area contributed by atoms with Crippen molar-refractivity contribution in [2.24, 2.45) is 17.3 Å². The fourth-order valence-corrected chi connectivity index (χ4v) is 3.84. The Hall–Kier alpha value is -1.43. The highest BCUT2D eigenvalue weighted by molar-refractivity contribution is 7.15. The minimum absolute atomic E-state index is 0.0918. The number of carbonyl (C=O) groups excluding carboxylic acids is 2. The molecule has 1 heterocycles. The summed E-state index contributed by atoms with van der Waals surface area (Å²) < 4.78 is 0. The van der Waals surface area contributed by atoms with E-state index in [1.54, 1.807) is 11.1 Å². The third-order valence-electron chi connectivity index (χ3n) is 4.21. The van der Waals surface area contributed by atoms with E-state index < -0.39 is 0 Å². The summed E-state index contributed by atoms with van der Waals surface area (Å²) in [5, 5.41) is 3.41. The van der Waals surface area contributed by atoms with Crippen molar-refractivity contribution in [3.8, 4) is 0 Å². The monoisotopic (exact) mass is 365 g/mol. The number of hydrogen-bond donors (Lipinski definition) is 1. The predicted molar refractivity (Wildman–Crippen MR) is 103 cm³/mol. The number of aryl methyl sites for hydroxylation is 1. The second-order valence-electron chi connectivity index (χ2n) is 8.62. The molecule has 0 radical (unpaired) electrons. The Labute approximate surface area is 155 Å². The Morgan fingerprint density at radius 1 is 1.40 bits per heavy atom. The number of nitrogens with zero attached hydrogens (tertiary/aromatic N) is 2. The Morgan fingerprint density at radius 3 is 2.60 bits per heavy atom. The zero-order valence-corrected chi connectivity index (χ0v) is 16.9. The number of amides is 2. The Bertz CT molecular complexity index is 602. The number of nitrogens with one attached hydrogen (secondary N) is 1. The first kappa shape index (κ1) is 19.9. The highest BCUT2D eigenvalue weighted by Gasteiger charge is 2.29. The molecule has 2 rings (SSSR count). The highest BCUT2D eigenvalue weighted by atomic mass is 32.1. The SMILES string of the molecule is Cc1cnc(NC(=O)CN(CC2CC2)C(=O)CC(C)CC(C)(C)C)s1. The summed E-state index contributed by atoms with van der Waals surface area (Å²) in [6.45, 7) is 11.5. The molecule has 0 aliphatic heterocycles. The van der Waals surface area contributed by atoms with E-state index in [9.17, 15) is 9.59 Å². The summed E-state index contributed by atoms with van der Waals surface area (Å²) in [6.07, 6.45) is 5.57. The largest absolute Gasteiger partial charge is 0.333 e. The van der Waals surface area contributed by atoms with E-state index in [0.717, 1.165) is 24.1 Å². The first-order valence-corrected chi connectivity index (χ1v) is 9.94. The molecule has 25 heavy (non-hydrogen) atoms. The highest BCUT2D eigenvalue weighted by Crippen LogP contribution is 2.31. The smallest absolute Gasteiger partial charge is 0.245 e. The molecule has 1 N–H and O–H groups in total. The maximum absolute atomic E-state index is 12.7. The van der Waals surface area contributed by atoms with Gasteiger partial charge in [-0.2, -0.15) is 0 Å². The Balaban J connectivity index is 1.90. The number of hydrogen-bond acceptors (Lipinski definition) is 4. The lowest BCUT2D eigenvalue weighted by Gasteiger charge is -2.26. The van der Waals surface area contributed by atoms with Crippen LogP contribution in [0.5, 0.6) is 0 Å². The van der Waals surface area contributed by atoms with Crippen molar-refractivity contribution in [1.29, 1.82) is 0 Å². The van der Waals surface area contributed by atoms with E-state index in [1.807, 2.05) is 6.92 Å². The Kier molecular flexibility index (Phi) is 6.60. The maximum Gasteiger partial charge on any atom is 0.245 e. The molecule has 0 bridgehead atoms. The molecule has 140 valence electrons. The third-order valence-corrected chi connectivity index (χ3v) is 5.04. The molecule has 2 amide bonds. The molecule has 6 heteroatoms. The molecule has 1 aromatic heterocycles. The van der Waals surface area contributed by atoms with E-state index in [4.69, 9.17) is 0 Å². The molecular weight excluding hydrogens is 334 g/mol. The number of rotatable bonds is 8. The van der Waals surface area contributed by atoms with Gasteiger partial charge in [0.15, 0.2) is 5.13 Å². The topological polar surface area (TPSA) is 62.3 Å².